The van der Waals surface area contributed by atoms with Gasteiger partial charge in [-0.2, -0.15) is 0 Å². The first-order valence-corrected chi connectivity index (χ1v) is 3.59. The molecule has 3 heteroatoms. The Morgan fingerprint density at radius 2 is 2.10 bits per heavy atom. The molecule has 1 aliphatic heterocycles. The van der Waals surface area contributed by atoms with Crippen molar-refractivity contribution >= 4 is 12.3 Å². The number of carbonyl (C=O) groups excluding carboxylic acids is 2. The van der Waals surface area contributed by atoms with Gasteiger partial charge in [0.2, 0.25) is 12.3 Å². The maximum absolute atomic E-state index is 10.9. The average molecular weight is 141 g/mol. The third-order valence-electron chi connectivity index (χ3n) is 1.74. The standard InChI is InChI=1S/C7H11NO2/c9-6-8-5-3-1-2-4-7(8)10/h6H,1-5H2. The lowest BCUT2D eigenvalue weighted by Crippen LogP contribution is -2.28. The van der Waals surface area contributed by atoms with Crippen molar-refractivity contribution in [3.8, 4) is 0 Å². The van der Waals surface area contributed by atoms with Crippen LogP contribution >= 0.6 is 0 Å². The van der Waals surface area contributed by atoms with Crippen molar-refractivity contribution in [2.75, 3.05) is 6.54 Å². The summed E-state index contributed by atoms with van der Waals surface area (Å²) in [7, 11) is 0. The molecule has 1 aliphatic rings. The molecule has 0 aromatic rings. The number of hydrogen-bond acceptors (Lipinski definition) is 2. The zero-order valence-corrected chi connectivity index (χ0v) is 5.88. The highest BCUT2D eigenvalue weighted by atomic mass is 16.2. The number of carbonyl (C=O) groups is 2. The van der Waals surface area contributed by atoms with E-state index in [2.05, 4.69) is 0 Å². The minimum Gasteiger partial charge on any atom is -0.285 e. The minimum atomic E-state index is -0.0208. The minimum absolute atomic E-state index is 0.0208. The summed E-state index contributed by atoms with van der Waals surface area (Å²) in [6.07, 6.45) is 4.14. The van der Waals surface area contributed by atoms with Gasteiger partial charge in [-0.25, -0.2) is 0 Å². The van der Waals surface area contributed by atoms with Crippen LogP contribution in [-0.2, 0) is 9.59 Å². The third-order valence-corrected chi connectivity index (χ3v) is 1.74. The first kappa shape index (κ1) is 7.25. The number of nitrogens with zero attached hydrogens (tertiary/aromatic N) is 1. The van der Waals surface area contributed by atoms with Crippen LogP contribution in [0.1, 0.15) is 25.7 Å². The molecule has 3 nitrogen and oxygen atoms in total. The largest absolute Gasteiger partial charge is 0.285 e. The molecule has 56 valence electrons. The number of likely N-dealkylation sites (tertiary alicyclic amines) is 1. The van der Waals surface area contributed by atoms with E-state index < -0.39 is 0 Å². The fraction of sp³-hybridized carbons (Fsp3) is 0.714. The summed E-state index contributed by atoms with van der Waals surface area (Å²) in [6.45, 7) is 0.613. The molecule has 0 atom stereocenters. The van der Waals surface area contributed by atoms with E-state index in [9.17, 15) is 9.59 Å². The van der Waals surface area contributed by atoms with Gasteiger partial charge in [-0.15, -0.1) is 0 Å². The van der Waals surface area contributed by atoms with Crippen LogP contribution < -0.4 is 0 Å². The average Bonchev–Trinajstić information content (AvgIpc) is 2.13. The third kappa shape index (κ3) is 1.56. The second-order valence-corrected chi connectivity index (χ2v) is 2.50. The highest BCUT2D eigenvalue weighted by molar-refractivity contribution is 5.86. The topological polar surface area (TPSA) is 37.4 Å². The lowest BCUT2D eigenvalue weighted by Gasteiger charge is -2.09. The molecule has 0 saturated carbocycles. The van der Waals surface area contributed by atoms with Gasteiger partial charge in [0.1, 0.15) is 0 Å². The molecule has 0 aromatic heterocycles. The van der Waals surface area contributed by atoms with E-state index in [4.69, 9.17) is 0 Å². The Hall–Kier alpha value is -0.860. The molecular weight excluding hydrogens is 130 g/mol. The summed E-state index contributed by atoms with van der Waals surface area (Å²) in [5, 5.41) is 0. The van der Waals surface area contributed by atoms with E-state index in [0.717, 1.165) is 19.3 Å². The molecule has 1 saturated heterocycles. The Morgan fingerprint density at radius 1 is 1.30 bits per heavy atom. The van der Waals surface area contributed by atoms with Crippen LogP contribution in [0.3, 0.4) is 0 Å². The van der Waals surface area contributed by atoms with Crippen molar-refractivity contribution in [3.05, 3.63) is 0 Å². The molecule has 0 spiro atoms. The molecule has 10 heavy (non-hydrogen) atoms. The second-order valence-electron chi connectivity index (χ2n) is 2.50. The van der Waals surface area contributed by atoms with Crippen LogP contribution in [-0.4, -0.2) is 23.8 Å². The van der Waals surface area contributed by atoms with Crippen LogP contribution in [0.4, 0.5) is 0 Å². The number of hydrogen-bond donors (Lipinski definition) is 0. The van der Waals surface area contributed by atoms with E-state index in [1.165, 1.54) is 4.90 Å². The maximum Gasteiger partial charge on any atom is 0.228 e. The second kappa shape index (κ2) is 3.34. The Balaban J connectivity index is 2.51. The molecule has 1 heterocycles. The van der Waals surface area contributed by atoms with Crippen molar-refractivity contribution < 1.29 is 9.59 Å². The predicted octanol–water partition coefficient (Wildman–Crippen LogP) is 0.545. The highest BCUT2D eigenvalue weighted by Gasteiger charge is 2.14. The fourth-order valence-electron chi connectivity index (χ4n) is 1.11. The van der Waals surface area contributed by atoms with Gasteiger partial charge in [0, 0.05) is 13.0 Å². The van der Waals surface area contributed by atoms with Crippen LogP contribution in [0.5, 0.6) is 0 Å². The summed E-state index contributed by atoms with van der Waals surface area (Å²) in [6, 6.07) is 0. The van der Waals surface area contributed by atoms with Crippen LogP contribution in [0, 0.1) is 0 Å². The summed E-state index contributed by atoms with van der Waals surface area (Å²) < 4.78 is 0. The summed E-state index contributed by atoms with van der Waals surface area (Å²) >= 11 is 0. The van der Waals surface area contributed by atoms with Gasteiger partial charge in [0.05, 0.1) is 0 Å². The van der Waals surface area contributed by atoms with Gasteiger partial charge in [0.25, 0.3) is 0 Å². The molecule has 0 bridgehead atoms. The molecule has 2 amide bonds. The van der Waals surface area contributed by atoms with E-state index in [1.807, 2.05) is 0 Å². The van der Waals surface area contributed by atoms with E-state index >= 15 is 0 Å². The summed E-state index contributed by atoms with van der Waals surface area (Å²) in [5.41, 5.74) is 0. The quantitative estimate of drug-likeness (QED) is 0.500. The lowest BCUT2D eigenvalue weighted by atomic mass is 10.2. The first-order valence-electron chi connectivity index (χ1n) is 3.59. The lowest BCUT2D eigenvalue weighted by molar-refractivity contribution is -0.137. The maximum atomic E-state index is 10.9. The SMILES string of the molecule is O=CN1CCCCCC1=O. The molecule has 0 unspecified atom stereocenters. The van der Waals surface area contributed by atoms with Crippen molar-refractivity contribution in [1.82, 2.24) is 4.90 Å². The van der Waals surface area contributed by atoms with E-state index in [0.29, 0.717) is 19.4 Å². The number of amides is 2. The molecule has 1 fully saturated rings. The van der Waals surface area contributed by atoms with Crippen molar-refractivity contribution in [2.24, 2.45) is 0 Å². The van der Waals surface area contributed by atoms with Gasteiger partial charge >= 0.3 is 0 Å². The number of rotatable bonds is 1. The van der Waals surface area contributed by atoms with Gasteiger partial charge < -0.3 is 0 Å². The van der Waals surface area contributed by atoms with Crippen molar-refractivity contribution in [1.29, 1.82) is 0 Å². The summed E-state index contributed by atoms with van der Waals surface area (Å²) in [5.74, 6) is -0.0208. The molecule has 0 aliphatic carbocycles. The Bertz CT molecular complexity index is 145. The smallest absolute Gasteiger partial charge is 0.228 e. The van der Waals surface area contributed by atoms with E-state index in [1.54, 1.807) is 0 Å². The predicted molar refractivity (Wildman–Crippen MR) is 36.2 cm³/mol. The fourth-order valence-corrected chi connectivity index (χ4v) is 1.11. The Labute approximate surface area is 60.0 Å². The van der Waals surface area contributed by atoms with Gasteiger partial charge in [-0.05, 0) is 12.8 Å². The molecule has 0 radical (unpaired) electrons. The molecule has 1 rings (SSSR count). The van der Waals surface area contributed by atoms with Gasteiger partial charge in [-0.1, -0.05) is 6.42 Å². The molecule has 0 aromatic carbocycles. The van der Waals surface area contributed by atoms with Crippen molar-refractivity contribution in [3.63, 3.8) is 0 Å². The normalized spacial score (nSPS) is 20.4. The molecule has 0 N–H and O–H groups in total. The zero-order valence-electron chi connectivity index (χ0n) is 5.88. The number of imide groups is 1. The monoisotopic (exact) mass is 141 g/mol. The Morgan fingerprint density at radius 3 is 2.80 bits per heavy atom. The van der Waals surface area contributed by atoms with Crippen molar-refractivity contribution in [2.45, 2.75) is 25.7 Å². The van der Waals surface area contributed by atoms with Crippen LogP contribution in [0.15, 0.2) is 0 Å². The van der Waals surface area contributed by atoms with Gasteiger partial charge in [-0.3, -0.25) is 14.5 Å². The van der Waals surface area contributed by atoms with E-state index in [-0.39, 0.29) is 5.91 Å². The molecular formula is C7H11NO2. The zero-order chi connectivity index (χ0) is 7.40. The highest BCUT2D eigenvalue weighted by Crippen LogP contribution is 2.08. The van der Waals surface area contributed by atoms with Gasteiger partial charge in [0.15, 0.2) is 0 Å². The van der Waals surface area contributed by atoms with Crippen LogP contribution in [0.25, 0.3) is 0 Å². The first-order chi connectivity index (χ1) is 4.84. The Kier molecular flexibility index (Phi) is 2.42. The van der Waals surface area contributed by atoms with Crippen LogP contribution in [0.2, 0.25) is 0 Å². The summed E-state index contributed by atoms with van der Waals surface area (Å²) in [4.78, 5) is 22.4.